The summed E-state index contributed by atoms with van der Waals surface area (Å²) >= 11 is 0. The average Bonchev–Trinajstić information content (AvgIpc) is 2.89. The van der Waals surface area contributed by atoms with Crippen molar-refractivity contribution < 1.29 is 4.52 Å². The van der Waals surface area contributed by atoms with Crippen molar-refractivity contribution in [3.05, 3.63) is 30.2 Å². The van der Waals surface area contributed by atoms with E-state index in [1.807, 2.05) is 24.1 Å². The van der Waals surface area contributed by atoms with E-state index in [9.17, 15) is 0 Å². The van der Waals surface area contributed by atoms with Crippen molar-refractivity contribution in [2.45, 2.75) is 12.8 Å². The maximum Gasteiger partial charge on any atom is 0.213 e. The topological polar surface area (TPSA) is 68.8 Å². The lowest BCUT2D eigenvalue weighted by Gasteiger charge is -2.00. The molecule has 0 bridgehead atoms. The van der Waals surface area contributed by atoms with Crippen LogP contribution in [0.25, 0.3) is 0 Å². The Morgan fingerprint density at radius 1 is 1.38 bits per heavy atom. The molecule has 6 heteroatoms. The van der Waals surface area contributed by atoms with Gasteiger partial charge in [-0.15, -0.1) is 0 Å². The van der Waals surface area contributed by atoms with Gasteiger partial charge < -0.3 is 9.84 Å². The standard InChI is InChI=1S/C10H15N5O/c1-15-7-9(6-13-15)2-4-11-5-3-10-12-8-16-14-10/h6-8,11H,2-5H2,1H3. The van der Waals surface area contributed by atoms with Gasteiger partial charge in [-0.3, -0.25) is 4.68 Å². The molecule has 0 aromatic carbocycles. The molecule has 0 aliphatic carbocycles. The SMILES string of the molecule is Cn1cc(CCNCCc2ncon2)cn1. The van der Waals surface area contributed by atoms with Crippen LogP contribution in [0.1, 0.15) is 11.4 Å². The molecule has 0 aliphatic rings. The third kappa shape index (κ3) is 3.16. The Hall–Kier alpha value is -1.69. The van der Waals surface area contributed by atoms with Gasteiger partial charge in [-0.05, 0) is 18.5 Å². The number of nitrogens with zero attached hydrogens (tertiary/aromatic N) is 4. The summed E-state index contributed by atoms with van der Waals surface area (Å²) in [6, 6.07) is 0. The number of aromatic nitrogens is 4. The quantitative estimate of drug-likeness (QED) is 0.705. The van der Waals surface area contributed by atoms with Crippen molar-refractivity contribution >= 4 is 0 Å². The van der Waals surface area contributed by atoms with E-state index >= 15 is 0 Å². The molecule has 2 aromatic heterocycles. The molecule has 6 nitrogen and oxygen atoms in total. The summed E-state index contributed by atoms with van der Waals surface area (Å²) in [5, 5.41) is 11.2. The summed E-state index contributed by atoms with van der Waals surface area (Å²) in [4.78, 5) is 3.94. The Kier molecular flexibility index (Phi) is 3.66. The van der Waals surface area contributed by atoms with Crippen molar-refractivity contribution in [3.8, 4) is 0 Å². The van der Waals surface area contributed by atoms with Gasteiger partial charge in [0.15, 0.2) is 5.82 Å². The monoisotopic (exact) mass is 221 g/mol. The molecular formula is C10H15N5O. The molecule has 16 heavy (non-hydrogen) atoms. The number of nitrogens with one attached hydrogen (secondary N) is 1. The van der Waals surface area contributed by atoms with Gasteiger partial charge in [-0.2, -0.15) is 10.1 Å². The van der Waals surface area contributed by atoms with Gasteiger partial charge in [-0.25, -0.2) is 0 Å². The predicted octanol–water partition coefficient (Wildman–Crippen LogP) is 0.178. The van der Waals surface area contributed by atoms with Gasteiger partial charge in [0.25, 0.3) is 0 Å². The van der Waals surface area contributed by atoms with Crippen molar-refractivity contribution in [2.24, 2.45) is 7.05 Å². The second-order valence-corrected chi connectivity index (χ2v) is 3.62. The number of rotatable bonds is 6. The molecule has 1 N–H and O–H groups in total. The molecule has 2 aromatic rings. The van der Waals surface area contributed by atoms with Gasteiger partial charge in [0.05, 0.1) is 6.20 Å². The summed E-state index contributed by atoms with van der Waals surface area (Å²) in [5.74, 6) is 0.744. The van der Waals surface area contributed by atoms with Crippen LogP contribution < -0.4 is 5.32 Å². The smallest absolute Gasteiger partial charge is 0.213 e. The highest BCUT2D eigenvalue weighted by Gasteiger charge is 1.98. The highest BCUT2D eigenvalue weighted by Crippen LogP contribution is 1.96. The van der Waals surface area contributed by atoms with E-state index in [1.165, 1.54) is 12.0 Å². The maximum atomic E-state index is 4.64. The Morgan fingerprint density at radius 3 is 2.94 bits per heavy atom. The third-order valence-corrected chi connectivity index (χ3v) is 2.28. The molecule has 0 saturated carbocycles. The second kappa shape index (κ2) is 5.41. The molecule has 0 saturated heterocycles. The Balaban J connectivity index is 1.59. The van der Waals surface area contributed by atoms with Crippen molar-refractivity contribution in [1.82, 2.24) is 25.2 Å². The van der Waals surface area contributed by atoms with E-state index in [0.717, 1.165) is 31.8 Å². The van der Waals surface area contributed by atoms with E-state index in [-0.39, 0.29) is 0 Å². The van der Waals surface area contributed by atoms with Crippen molar-refractivity contribution in [3.63, 3.8) is 0 Å². The molecule has 0 fully saturated rings. The van der Waals surface area contributed by atoms with Crippen molar-refractivity contribution in [1.29, 1.82) is 0 Å². The fraction of sp³-hybridized carbons (Fsp3) is 0.500. The third-order valence-electron chi connectivity index (χ3n) is 2.28. The number of aryl methyl sites for hydroxylation is 1. The zero-order valence-electron chi connectivity index (χ0n) is 9.26. The molecule has 0 unspecified atom stereocenters. The molecule has 0 spiro atoms. The summed E-state index contributed by atoms with van der Waals surface area (Å²) in [7, 11) is 1.92. The second-order valence-electron chi connectivity index (χ2n) is 3.62. The minimum atomic E-state index is 0.744. The molecule has 2 heterocycles. The Morgan fingerprint density at radius 2 is 2.25 bits per heavy atom. The van der Waals surface area contributed by atoms with E-state index in [4.69, 9.17) is 0 Å². The van der Waals surface area contributed by atoms with Gasteiger partial charge in [-0.1, -0.05) is 5.16 Å². The molecule has 0 amide bonds. The molecule has 0 aliphatic heterocycles. The van der Waals surface area contributed by atoms with Crippen LogP contribution >= 0.6 is 0 Å². The van der Waals surface area contributed by atoms with Gasteiger partial charge in [0.1, 0.15) is 0 Å². The lowest BCUT2D eigenvalue weighted by molar-refractivity contribution is 0.409. The Bertz CT molecular complexity index is 409. The highest BCUT2D eigenvalue weighted by atomic mass is 16.5. The first-order valence-electron chi connectivity index (χ1n) is 5.28. The molecule has 2 rings (SSSR count). The normalized spacial score (nSPS) is 10.8. The fourth-order valence-electron chi connectivity index (χ4n) is 1.46. The van der Waals surface area contributed by atoms with Crippen LogP contribution in [0.2, 0.25) is 0 Å². The average molecular weight is 221 g/mol. The number of hydrogen-bond acceptors (Lipinski definition) is 5. The molecule has 0 radical (unpaired) electrons. The van der Waals surface area contributed by atoms with Crippen LogP contribution in [0.3, 0.4) is 0 Å². The number of hydrogen-bond donors (Lipinski definition) is 1. The summed E-state index contributed by atoms with van der Waals surface area (Å²) in [6.45, 7) is 1.79. The van der Waals surface area contributed by atoms with Crippen LogP contribution in [-0.4, -0.2) is 33.0 Å². The van der Waals surface area contributed by atoms with E-state index < -0.39 is 0 Å². The molecular weight excluding hydrogens is 206 g/mol. The lowest BCUT2D eigenvalue weighted by Crippen LogP contribution is -2.20. The van der Waals surface area contributed by atoms with Crippen LogP contribution in [0, 0.1) is 0 Å². The van der Waals surface area contributed by atoms with Crippen molar-refractivity contribution in [2.75, 3.05) is 13.1 Å². The lowest BCUT2D eigenvalue weighted by atomic mass is 10.2. The zero-order chi connectivity index (χ0) is 11.2. The van der Waals surface area contributed by atoms with Crippen LogP contribution in [0.4, 0.5) is 0 Å². The highest BCUT2D eigenvalue weighted by molar-refractivity contribution is 5.03. The van der Waals surface area contributed by atoms with Crippen LogP contribution in [0.15, 0.2) is 23.3 Å². The zero-order valence-corrected chi connectivity index (χ0v) is 9.26. The first-order chi connectivity index (χ1) is 7.84. The minimum Gasteiger partial charge on any atom is -0.343 e. The fourth-order valence-corrected chi connectivity index (χ4v) is 1.46. The summed E-state index contributed by atoms with van der Waals surface area (Å²) < 4.78 is 6.46. The largest absolute Gasteiger partial charge is 0.343 e. The maximum absolute atomic E-state index is 4.64. The summed E-state index contributed by atoms with van der Waals surface area (Å²) in [5.41, 5.74) is 1.24. The van der Waals surface area contributed by atoms with Gasteiger partial charge in [0.2, 0.25) is 6.39 Å². The van der Waals surface area contributed by atoms with Gasteiger partial charge in [0, 0.05) is 26.2 Å². The first-order valence-corrected chi connectivity index (χ1v) is 5.28. The first kappa shape index (κ1) is 10.8. The minimum absolute atomic E-state index is 0.744. The summed E-state index contributed by atoms with van der Waals surface area (Å²) in [6.07, 6.45) is 7.05. The van der Waals surface area contributed by atoms with E-state index in [1.54, 1.807) is 0 Å². The van der Waals surface area contributed by atoms with Crippen LogP contribution in [0.5, 0.6) is 0 Å². The molecule has 0 atom stereocenters. The Labute approximate surface area is 93.7 Å². The van der Waals surface area contributed by atoms with E-state index in [2.05, 4.69) is 25.1 Å². The van der Waals surface area contributed by atoms with Gasteiger partial charge >= 0.3 is 0 Å². The predicted molar refractivity (Wildman–Crippen MR) is 57.8 cm³/mol. The van der Waals surface area contributed by atoms with Crippen LogP contribution in [-0.2, 0) is 19.9 Å². The van der Waals surface area contributed by atoms with E-state index in [0.29, 0.717) is 0 Å². The molecule has 86 valence electrons.